The summed E-state index contributed by atoms with van der Waals surface area (Å²) in [5.74, 6) is -0.720. The Hall–Kier alpha value is -2.09. The van der Waals surface area contributed by atoms with E-state index in [1.54, 1.807) is 32.9 Å². The molecule has 2 N–H and O–H groups in total. The van der Waals surface area contributed by atoms with Gasteiger partial charge >= 0.3 is 5.97 Å². The standard InChI is InChI=1S/C12H15N3O2/c1-7(2)10(12(16)17)15-11-9(6-13)5-4-8(3)14-11/h4-5,7,10H,1-3H3,(H,14,15)(H,16,17). The van der Waals surface area contributed by atoms with Gasteiger partial charge in [-0.15, -0.1) is 0 Å². The quantitative estimate of drug-likeness (QED) is 0.827. The van der Waals surface area contributed by atoms with E-state index in [-0.39, 0.29) is 5.92 Å². The number of nitrogens with one attached hydrogen (secondary N) is 1. The van der Waals surface area contributed by atoms with Crippen LogP contribution < -0.4 is 5.32 Å². The van der Waals surface area contributed by atoms with Crippen LogP contribution in [-0.4, -0.2) is 22.1 Å². The zero-order chi connectivity index (χ0) is 13.0. The molecule has 0 aliphatic carbocycles. The molecule has 5 heteroatoms. The molecule has 1 rings (SSSR count). The molecule has 0 aromatic carbocycles. The van der Waals surface area contributed by atoms with Gasteiger partial charge in [-0.05, 0) is 25.0 Å². The second-order valence-electron chi connectivity index (χ2n) is 4.16. The molecule has 0 amide bonds. The van der Waals surface area contributed by atoms with Crippen molar-refractivity contribution in [2.24, 2.45) is 5.92 Å². The monoisotopic (exact) mass is 233 g/mol. The average molecular weight is 233 g/mol. The Balaban J connectivity index is 3.05. The number of hydrogen-bond acceptors (Lipinski definition) is 4. The van der Waals surface area contributed by atoms with Crippen LogP contribution in [0.15, 0.2) is 12.1 Å². The van der Waals surface area contributed by atoms with E-state index in [0.717, 1.165) is 5.69 Å². The van der Waals surface area contributed by atoms with Crippen molar-refractivity contribution in [3.63, 3.8) is 0 Å². The summed E-state index contributed by atoms with van der Waals surface area (Å²) < 4.78 is 0. The molecule has 5 nitrogen and oxygen atoms in total. The van der Waals surface area contributed by atoms with Gasteiger partial charge in [0.05, 0.1) is 5.56 Å². The van der Waals surface area contributed by atoms with Crippen LogP contribution >= 0.6 is 0 Å². The number of rotatable bonds is 4. The van der Waals surface area contributed by atoms with Crippen LogP contribution in [0.1, 0.15) is 25.1 Å². The largest absolute Gasteiger partial charge is 0.480 e. The second-order valence-corrected chi connectivity index (χ2v) is 4.16. The summed E-state index contributed by atoms with van der Waals surface area (Å²) in [4.78, 5) is 15.2. The van der Waals surface area contributed by atoms with E-state index in [1.165, 1.54) is 0 Å². The van der Waals surface area contributed by atoms with Crippen LogP contribution in [0.2, 0.25) is 0 Å². The molecular weight excluding hydrogens is 218 g/mol. The molecule has 1 aromatic heterocycles. The minimum Gasteiger partial charge on any atom is -0.480 e. The van der Waals surface area contributed by atoms with Gasteiger partial charge < -0.3 is 10.4 Å². The van der Waals surface area contributed by atoms with E-state index < -0.39 is 12.0 Å². The van der Waals surface area contributed by atoms with Gasteiger partial charge in [-0.2, -0.15) is 5.26 Å². The van der Waals surface area contributed by atoms with E-state index >= 15 is 0 Å². The maximum absolute atomic E-state index is 11.1. The van der Waals surface area contributed by atoms with E-state index in [4.69, 9.17) is 10.4 Å². The third kappa shape index (κ3) is 3.18. The summed E-state index contributed by atoms with van der Waals surface area (Å²) in [6.45, 7) is 5.39. The smallest absolute Gasteiger partial charge is 0.326 e. The average Bonchev–Trinajstić information content (AvgIpc) is 2.25. The number of anilines is 1. The van der Waals surface area contributed by atoms with Crippen LogP contribution in [0.5, 0.6) is 0 Å². The number of carboxylic acid groups (broad SMARTS) is 1. The van der Waals surface area contributed by atoms with E-state index in [9.17, 15) is 4.79 Å². The topological polar surface area (TPSA) is 86.0 Å². The normalized spacial score (nSPS) is 11.9. The highest BCUT2D eigenvalue weighted by Gasteiger charge is 2.22. The fraction of sp³-hybridized carbons (Fsp3) is 0.417. The lowest BCUT2D eigenvalue weighted by molar-refractivity contribution is -0.138. The first-order valence-electron chi connectivity index (χ1n) is 5.32. The highest BCUT2D eigenvalue weighted by Crippen LogP contribution is 2.16. The zero-order valence-electron chi connectivity index (χ0n) is 10.1. The Morgan fingerprint density at radius 3 is 2.65 bits per heavy atom. The van der Waals surface area contributed by atoms with Gasteiger partial charge in [0, 0.05) is 5.69 Å². The number of carbonyl (C=O) groups is 1. The maximum Gasteiger partial charge on any atom is 0.326 e. The molecule has 0 aliphatic rings. The van der Waals surface area contributed by atoms with Crippen molar-refractivity contribution in [2.75, 3.05) is 5.32 Å². The first-order valence-corrected chi connectivity index (χ1v) is 5.32. The number of aryl methyl sites for hydroxylation is 1. The Bertz CT molecular complexity index is 463. The summed E-state index contributed by atoms with van der Waals surface area (Å²) in [6, 6.07) is 4.58. The van der Waals surface area contributed by atoms with Crippen molar-refractivity contribution in [1.29, 1.82) is 5.26 Å². The summed E-state index contributed by atoms with van der Waals surface area (Å²) in [5.41, 5.74) is 1.09. The summed E-state index contributed by atoms with van der Waals surface area (Å²) in [7, 11) is 0. The molecule has 1 atom stereocenters. The minimum absolute atomic E-state index is 0.0960. The number of nitriles is 1. The van der Waals surface area contributed by atoms with Gasteiger partial charge in [0.15, 0.2) is 0 Å². The van der Waals surface area contributed by atoms with Crippen LogP contribution in [0.4, 0.5) is 5.82 Å². The van der Waals surface area contributed by atoms with Gasteiger partial charge in [-0.1, -0.05) is 13.8 Å². The number of aromatic nitrogens is 1. The molecule has 0 radical (unpaired) electrons. The predicted molar refractivity (Wildman–Crippen MR) is 63.6 cm³/mol. The molecule has 0 fully saturated rings. The van der Waals surface area contributed by atoms with Crippen LogP contribution in [0, 0.1) is 24.2 Å². The maximum atomic E-state index is 11.1. The lowest BCUT2D eigenvalue weighted by Crippen LogP contribution is -2.34. The van der Waals surface area contributed by atoms with Crippen molar-refractivity contribution in [3.05, 3.63) is 23.4 Å². The summed E-state index contributed by atoms with van der Waals surface area (Å²) in [5, 5.41) is 20.8. The number of nitrogens with zero attached hydrogens (tertiary/aromatic N) is 2. The van der Waals surface area contributed by atoms with Gasteiger partial charge in [0.25, 0.3) is 0 Å². The van der Waals surface area contributed by atoms with Gasteiger partial charge in [-0.3, -0.25) is 0 Å². The lowest BCUT2D eigenvalue weighted by Gasteiger charge is -2.19. The third-order valence-electron chi connectivity index (χ3n) is 2.38. The SMILES string of the molecule is Cc1ccc(C#N)c(NC(C(=O)O)C(C)C)n1. The number of aliphatic carboxylic acids is 1. The molecule has 0 saturated carbocycles. The molecule has 90 valence electrons. The Labute approximate surface area is 100 Å². The molecule has 0 saturated heterocycles. The Morgan fingerprint density at radius 2 is 2.18 bits per heavy atom. The number of carboxylic acids is 1. The molecule has 1 unspecified atom stereocenters. The van der Waals surface area contributed by atoms with Crippen LogP contribution in [-0.2, 0) is 4.79 Å². The van der Waals surface area contributed by atoms with Crippen molar-refractivity contribution in [2.45, 2.75) is 26.8 Å². The molecule has 1 heterocycles. The van der Waals surface area contributed by atoms with Crippen molar-refractivity contribution < 1.29 is 9.90 Å². The van der Waals surface area contributed by atoms with Gasteiger partial charge in [0.1, 0.15) is 17.9 Å². The molecule has 0 spiro atoms. The molecule has 1 aromatic rings. The lowest BCUT2D eigenvalue weighted by atomic mass is 10.0. The Kier molecular flexibility index (Phi) is 4.05. The molecule has 17 heavy (non-hydrogen) atoms. The van der Waals surface area contributed by atoms with E-state index in [2.05, 4.69) is 10.3 Å². The zero-order valence-corrected chi connectivity index (χ0v) is 10.1. The fourth-order valence-electron chi connectivity index (χ4n) is 1.42. The van der Waals surface area contributed by atoms with Crippen molar-refractivity contribution in [3.8, 4) is 6.07 Å². The first-order chi connectivity index (χ1) is 7.95. The van der Waals surface area contributed by atoms with Crippen molar-refractivity contribution in [1.82, 2.24) is 4.98 Å². The Morgan fingerprint density at radius 1 is 1.53 bits per heavy atom. The minimum atomic E-state index is -0.952. The van der Waals surface area contributed by atoms with E-state index in [1.807, 2.05) is 6.07 Å². The van der Waals surface area contributed by atoms with Gasteiger partial charge in [-0.25, -0.2) is 9.78 Å². The predicted octanol–water partition coefficient (Wildman–Crippen LogP) is 1.78. The summed E-state index contributed by atoms with van der Waals surface area (Å²) in [6.07, 6.45) is 0. The molecule has 0 aliphatic heterocycles. The van der Waals surface area contributed by atoms with Crippen LogP contribution in [0.25, 0.3) is 0 Å². The molecular formula is C12H15N3O2. The third-order valence-corrected chi connectivity index (χ3v) is 2.38. The fourth-order valence-corrected chi connectivity index (χ4v) is 1.42. The number of hydrogen-bond donors (Lipinski definition) is 2. The molecule has 0 bridgehead atoms. The number of pyridine rings is 1. The first kappa shape index (κ1) is 13.0. The van der Waals surface area contributed by atoms with Gasteiger partial charge in [0.2, 0.25) is 0 Å². The highest BCUT2D eigenvalue weighted by molar-refractivity contribution is 5.77. The van der Waals surface area contributed by atoms with Crippen LogP contribution in [0.3, 0.4) is 0 Å². The summed E-state index contributed by atoms with van der Waals surface area (Å²) >= 11 is 0. The second kappa shape index (κ2) is 5.30. The van der Waals surface area contributed by atoms with E-state index in [0.29, 0.717) is 11.4 Å². The van der Waals surface area contributed by atoms with Crippen molar-refractivity contribution >= 4 is 11.8 Å². The highest BCUT2D eigenvalue weighted by atomic mass is 16.4.